The smallest absolute Gasteiger partial charge is 0.339 e. The fraction of sp³-hybridized carbons (Fsp3) is 0.174. The van der Waals surface area contributed by atoms with Crippen molar-refractivity contribution in [2.75, 3.05) is 5.43 Å². The number of benzene rings is 2. The molecular weight excluding hydrogens is 350 g/mol. The number of nitrogens with zero attached hydrogens (tertiary/aromatic N) is 2. The van der Waals surface area contributed by atoms with Crippen LogP contribution in [0.5, 0.6) is 0 Å². The first-order valence-electron chi connectivity index (χ1n) is 9.35. The maximum atomic E-state index is 11.8. The second-order valence-corrected chi connectivity index (χ2v) is 6.97. The molecule has 0 amide bonds. The molecule has 0 fully saturated rings. The Kier molecular flexibility index (Phi) is 4.89. The van der Waals surface area contributed by atoms with Crippen molar-refractivity contribution < 1.29 is 9.90 Å². The molecule has 1 aromatic heterocycles. The van der Waals surface area contributed by atoms with E-state index in [0.29, 0.717) is 5.92 Å². The minimum Gasteiger partial charge on any atom is -0.478 e. The van der Waals surface area contributed by atoms with Gasteiger partial charge in [0, 0.05) is 16.8 Å². The van der Waals surface area contributed by atoms with Crippen LogP contribution < -0.4 is 5.43 Å². The van der Waals surface area contributed by atoms with Crippen molar-refractivity contribution in [1.82, 2.24) is 4.98 Å². The summed E-state index contributed by atoms with van der Waals surface area (Å²) < 4.78 is 0. The molecule has 0 bridgehead atoms. The van der Waals surface area contributed by atoms with Crippen LogP contribution in [0.4, 0.5) is 5.82 Å². The predicted molar refractivity (Wildman–Crippen MR) is 110 cm³/mol. The van der Waals surface area contributed by atoms with Crippen molar-refractivity contribution in [3.05, 3.63) is 94.7 Å². The third kappa shape index (κ3) is 3.51. The van der Waals surface area contributed by atoms with Gasteiger partial charge in [0.05, 0.1) is 5.71 Å². The van der Waals surface area contributed by atoms with E-state index in [1.54, 1.807) is 6.07 Å². The normalized spacial score (nSPS) is 15.0. The van der Waals surface area contributed by atoms with Crippen molar-refractivity contribution in [1.29, 1.82) is 0 Å². The molecule has 140 valence electrons. The van der Waals surface area contributed by atoms with Crippen molar-refractivity contribution in [3.63, 3.8) is 0 Å². The zero-order chi connectivity index (χ0) is 19.5. The summed E-state index contributed by atoms with van der Waals surface area (Å²) in [5.41, 5.74) is 7.67. The molecule has 1 aliphatic carbocycles. The standard InChI is InChI=1S/C23H21N3O2/c1-15-12-13-20-18(15)14-19(23(27)28)22(24-20)26-25-21(16-8-4-2-5-9-16)17-10-6-3-7-11-17/h2-11,14-15H,12-13H2,1H3,(H,24,26)(H,27,28)/t15-/m0/s1. The average Bonchev–Trinajstić information content (AvgIpc) is 3.09. The molecule has 0 saturated carbocycles. The molecule has 2 N–H and O–H groups in total. The summed E-state index contributed by atoms with van der Waals surface area (Å²) in [5.74, 6) is -0.389. The zero-order valence-electron chi connectivity index (χ0n) is 15.6. The second kappa shape index (κ2) is 7.64. The van der Waals surface area contributed by atoms with Gasteiger partial charge in [0.15, 0.2) is 5.82 Å². The molecular formula is C23H21N3O2. The van der Waals surface area contributed by atoms with Gasteiger partial charge < -0.3 is 5.11 Å². The highest BCUT2D eigenvalue weighted by atomic mass is 16.4. The molecule has 28 heavy (non-hydrogen) atoms. The Labute approximate surface area is 163 Å². The first kappa shape index (κ1) is 17.9. The van der Waals surface area contributed by atoms with Crippen LogP contribution >= 0.6 is 0 Å². The van der Waals surface area contributed by atoms with Gasteiger partial charge in [0.2, 0.25) is 0 Å². The van der Waals surface area contributed by atoms with Crippen LogP contribution in [-0.4, -0.2) is 21.8 Å². The van der Waals surface area contributed by atoms with Crippen LogP contribution in [0.25, 0.3) is 0 Å². The van der Waals surface area contributed by atoms with Gasteiger partial charge in [-0.15, -0.1) is 0 Å². The van der Waals surface area contributed by atoms with Gasteiger partial charge in [-0.05, 0) is 30.4 Å². The predicted octanol–water partition coefficient (Wildman–Crippen LogP) is 4.69. The number of aromatic nitrogens is 1. The highest BCUT2D eigenvalue weighted by molar-refractivity contribution is 6.13. The summed E-state index contributed by atoms with van der Waals surface area (Å²) in [4.78, 5) is 16.4. The summed E-state index contributed by atoms with van der Waals surface area (Å²) in [7, 11) is 0. The molecule has 5 nitrogen and oxygen atoms in total. The molecule has 1 aliphatic rings. The van der Waals surface area contributed by atoms with E-state index in [9.17, 15) is 9.90 Å². The molecule has 4 rings (SSSR count). The summed E-state index contributed by atoms with van der Waals surface area (Å²) >= 11 is 0. The Balaban J connectivity index is 1.76. The lowest BCUT2D eigenvalue weighted by molar-refractivity contribution is 0.0697. The molecule has 5 heteroatoms. The number of carboxylic acid groups (broad SMARTS) is 1. The van der Waals surface area contributed by atoms with Crippen molar-refractivity contribution in [2.45, 2.75) is 25.7 Å². The molecule has 2 aromatic carbocycles. The number of pyridine rings is 1. The van der Waals surface area contributed by atoms with Gasteiger partial charge >= 0.3 is 5.97 Å². The molecule has 0 spiro atoms. The van der Waals surface area contributed by atoms with E-state index in [0.717, 1.165) is 40.9 Å². The lowest BCUT2D eigenvalue weighted by Gasteiger charge is -2.12. The zero-order valence-corrected chi connectivity index (χ0v) is 15.6. The number of aryl methyl sites for hydroxylation is 1. The number of carbonyl (C=O) groups is 1. The van der Waals surface area contributed by atoms with Crippen LogP contribution in [0.15, 0.2) is 71.8 Å². The number of fused-ring (bicyclic) bond motifs is 1. The number of hydrazone groups is 1. The number of rotatable bonds is 5. The summed E-state index contributed by atoms with van der Waals surface area (Å²) in [6.45, 7) is 2.10. The summed E-state index contributed by atoms with van der Waals surface area (Å²) in [5, 5.41) is 14.2. The Bertz CT molecular complexity index is 989. The monoisotopic (exact) mass is 371 g/mol. The first-order chi connectivity index (χ1) is 13.6. The second-order valence-electron chi connectivity index (χ2n) is 6.97. The van der Waals surface area contributed by atoms with Crippen LogP contribution in [-0.2, 0) is 6.42 Å². The number of nitrogens with one attached hydrogen (secondary N) is 1. The van der Waals surface area contributed by atoms with Gasteiger partial charge in [-0.25, -0.2) is 9.78 Å². The lowest BCUT2D eigenvalue weighted by atomic mass is 10.0. The molecule has 0 radical (unpaired) electrons. The lowest BCUT2D eigenvalue weighted by Crippen LogP contribution is -2.11. The molecule has 3 aromatic rings. The van der Waals surface area contributed by atoms with Gasteiger partial charge in [-0.2, -0.15) is 5.10 Å². The van der Waals surface area contributed by atoms with E-state index in [-0.39, 0.29) is 11.4 Å². The SMILES string of the molecule is C[C@H]1CCc2nc(NN=C(c3ccccc3)c3ccccc3)c(C(=O)O)cc21. The van der Waals surface area contributed by atoms with Crippen molar-refractivity contribution in [3.8, 4) is 0 Å². The van der Waals surface area contributed by atoms with Crippen molar-refractivity contribution >= 4 is 17.5 Å². The number of aromatic carboxylic acids is 1. The minimum atomic E-state index is -1.01. The molecule has 0 unspecified atom stereocenters. The van der Waals surface area contributed by atoms with Crippen LogP contribution in [0.1, 0.15) is 52.0 Å². The van der Waals surface area contributed by atoms with Gasteiger partial charge in [-0.1, -0.05) is 67.6 Å². The van der Waals surface area contributed by atoms with Gasteiger partial charge in [0.1, 0.15) is 5.56 Å². The summed E-state index contributed by atoms with van der Waals surface area (Å²) in [6, 6.07) is 21.3. The molecule has 0 saturated heterocycles. The maximum absolute atomic E-state index is 11.8. The van der Waals surface area contributed by atoms with Crippen LogP contribution in [0.3, 0.4) is 0 Å². The number of hydrogen-bond acceptors (Lipinski definition) is 4. The fourth-order valence-electron chi connectivity index (χ4n) is 3.55. The molecule has 1 heterocycles. The van der Waals surface area contributed by atoms with E-state index in [4.69, 9.17) is 0 Å². The fourth-order valence-corrected chi connectivity index (χ4v) is 3.55. The Morgan fingerprint density at radius 1 is 1.07 bits per heavy atom. The summed E-state index contributed by atoms with van der Waals surface area (Å²) in [6.07, 6.45) is 1.85. The Morgan fingerprint density at radius 2 is 1.68 bits per heavy atom. The maximum Gasteiger partial charge on any atom is 0.339 e. The molecule has 1 atom stereocenters. The molecule has 0 aliphatic heterocycles. The van der Waals surface area contributed by atoms with E-state index in [1.807, 2.05) is 60.7 Å². The highest BCUT2D eigenvalue weighted by Crippen LogP contribution is 2.34. The van der Waals surface area contributed by atoms with Gasteiger partial charge in [0.25, 0.3) is 0 Å². The van der Waals surface area contributed by atoms with E-state index in [2.05, 4.69) is 22.4 Å². The Hall–Kier alpha value is -3.47. The van der Waals surface area contributed by atoms with Crippen LogP contribution in [0, 0.1) is 0 Å². The average molecular weight is 371 g/mol. The van der Waals surface area contributed by atoms with Crippen LogP contribution in [0.2, 0.25) is 0 Å². The van der Waals surface area contributed by atoms with E-state index >= 15 is 0 Å². The Morgan fingerprint density at radius 3 is 2.25 bits per heavy atom. The largest absolute Gasteiger partial charge is 0.478 e. The highest BCUT2D eigenvalue weighted by Gasteiger charge is 2.24. The first-order valence-corrected chi connectivity index (χ1v) is 9.35. The van der Waals surface area contributed by atoms with E-state index in [1.165, 1.54) is 0 Å². The number of anilines is 1. The number of hydrogen-bond donors (Lipinski definition) is 2. The topological polar surface area (TPSA) is 74.6 Å². The quantitative estimate of drug-likeness (QED) is 0.504. The third-order valence-electron chi connectivity index (χ3n) is 5.08. The number of carboxylic acids is 1. The van der Waals surface area contributed by atoms with Crippen molar-refractivity contribution in [2.24, 2.45) is 5.10 Å². The minimum absolute atomic E-state index is 0.150. The van der Waals surface area contributed by atoms with Gasteiger partial charge in [-0.3, -0.25) is 5.43 Å². The third-order valence-corrected chi connectivity index (χ3v) is 5.08. The van der Waals surface area contributed by atoms with E-state index < -0.39 is 5.97 Å².